The zero-order valence-corrected chi connectivity index (χ0v) is 14.4. The van der Waals surface area contributed by atoms with Crippen molar-refractivity contribution in [1.29, 1.82) is 0 Å². The molecule has 1 amide bonds. The van der Waals surface area contributed by atoms with Crippen LogP contribution in [0.5, 0.6) is 5.75 Å². The van der Waals surface area contributed by atoms with Crippen molar-refractivity contribution < 1.29 is 18.7 Å². The van der Waals surface area contributed by atoms with Crippen molar-refractivity contribution in [2.24, 2.45) is 0 Å². The van der Waals surface area contributed by atoms with Crippen LogP contribution in [0.2, 0.25) is 0 Å². The van der Waals surface area contributed by atoms with Crippen LogP contribution in [0.25, 0.3) is 0 Å². The molecular formula is C17H17BrFNO3. The van der Waals surface area contributed by atoms with E-state index in [1.54, 1.807) is 31.4 Å². The van der Waals surface area contributed by atoms with Gasteiger partial charge in [0, 0.05) is 22.7 Å². The molecule has 4 nitrogen and oxygen atoms in total. The van der Waals surface area contributed by atoms with E-state index in [-0.39, 0.29) is 5.69 Å². The molecule has 6 heteroatoms. The maximum Gasteiger partial charge on any atom is 0.255 e. The third-order valence-corrected chi connectivity index (χ3v) is 3.59. The van der Waals surface area contributed by atoms with Crippen LogP contribution in [0, 0.1) is 5.82 Å². The van der Waals surface area contributed by atoms with Crippen molar-refractivity contribution in [3.05, 3.63) is 57.8 Å². The molecule has 2 aromatic rings. The van der Waals surface area contributed by atoms with Crippen LogP contribution in [-0.4, -0.2) is 19.6 Å². The van der Waals surface area contributed by atoms with Gasteiger partial charge < -0.3 is 14.8 Å². The summed E-state index contributed by atoms with van der Waals surface area (Å²) in [4.78, 5) is 12.3. The van der Waals surface area contributed by atoms with Gasteiger partial charge in [0.25, 0.3) is 5.91 Å². The molecule has 0 aliphatic rings. The fourth-order valence-electron chi connectivity index (χ4n) is 2.07. The lowest BCUT2D eigenvalue weighted by atomic mass is 10.1. The molecule has 23 heavy (non-hydrogen) atoms. The molecule has 0 aliphatic carbocycles. The molecule has 122 valence electrons. The summed E-state index contributed by atoms with van der Waals surface area (Å²) >= 11 is 3.18. The van der Waals surface area contributed by atoms with E-state index in [0.29, 0.717) is 29.0 Å². The number of hydrogen-bond donors (Lipinski definition) is 1. The van der Waals surface area contributed by atoms with Crippen LogP contribution in [0.3, 0.4) is 0 Å². The number of rotatable bonds is 6. The summed E-state index contributed by atoms with van der Waals surface area (Å²) in [6.07, 6.45) is 0. The number of ether oxygens (including phenoxy) is 2. The maximum atomic E-state index is 13.8. The van der Waals surface area contributed by atoms with E-state index in [2.05, 4.69) is 21.2 Å². The van der Waals surface area contributed by atoms with Gasteiger partial charge in [-0.05, 0) is 43.3 Å². The summed E-state index contributed by atoms with van der Waals surface area (Å²) in [7, 11) is 1.57. The van der Waals surface area contributed by atoms with Crippen molar-refractivity contribution in [1.82, 2.24) is 0 Å². The van der Waals surface area contributed by atoms with Gasteiger partial charge in [-0.1, -0.05) is 15.9 Å². The van der Waals surface area contributed by atoms with E-state index in [4.69, 9.17) is 9.47 Å². The van der Waals surface area contributed by atoms with E-state index < -0.39 is 11.7 Å². The van der Waals surface area contributed by atoms with E-state index >= 15 is 0 Å². The molecule has 0 aromatic heterocycles. The first-order chi connectivity index (χ1) is 11.0. The maximum absolute atomic E-state index is 13.8. The van der Waals surface area contributed by atoms with Crippen molar-refractivity contribution >= 4 is 27.5 Å². The lowest BCUT2D eigenvalue weighted by Crippen LogP contribution is -2.13. The minimum absolute atomic E-state index is 0.125. The average Bonchev–Trinajstić information content (AvgIpc) is 2.52. The van der Waals surface area contributed by atoms with Gasteiger partial charge in [-0.2, -0.15) is 0 Å². The Morgan fingerprint density at radius 2 is 2.04 bits per heavy atom. The van der Waals surface area contributed by atoms with E-state index in [1.807, 2.05) is 6.92 Å². The predicted molar refractivity (Wildman–Crippen MR) is 90.4 cm³/mol. The second-order valence-electron chi connectivity index (χ2n) is 4.77. The molecule has 0 atom stereocenters. The topological polar surface area (TPSA) is 47.6 Å². The molecule has 2 rings (SSSR count). The third-order valence-electron chi connectivity index (χ3n) is 3.10. The monoisotopic (exact) mass is 381 g/mol. The highest BCUT2D eigenvalue weighted by atomic mass is 79.9. The van der Waals surface area contributed by atoms with Gasteiger partial charge in [-0.25, -0.2) is 4.39 Å². The van der Waals surface area contributed by atoms with Crippen LogP contribution in [-0.2, 0) is 11.3 Å². The van der Waals surface area contributed by atoms with Gasteiger partial charge in [-0.3, -0.25) is 4.79 Å². The fourth-order valence-corrected chi connectivity index (χ4v) is 2.40. The van der Waals surface area contributed by atoms with Gasteiger partial charge >= 0.3 is 0 Å². The second kappa shape index (κ2) is 8.08. The van der Waals surface area contributed by atoms with Crippen LogP contribution in [0.15, 0.2) is 40.9 Å². The van der Waals surface area contributed by atoms with Crippen LogP contribution in [0.1, 0.15) is 22.8 Å². The lowest BCUT2D eigenvalue weighted by Gasteiger charge is -2.12. The molecule has 0 saturated carbocycles. The Kier molecular flexibility index (Phi) is 6.12. The molecule has 0 bridgehead atoms. The molecule has 0 radical (unpaired) electrons. The van der Waals surface area contributed by atoms with E-state index in [1.165, 1.54) is 12.1 Å². The highest BCUT2D eigenvalue weighted by Gasteiger charge is 2.13. The molecule has 0 saturated heterocycles. The second-order valence-corrected chi connectivity index (χ2v) is 5.68. The van der Waals surface area contributed by atoms with Crippen molar-refractivity contribution in [2.45, 2.75) is 13.5 Å². The Hall–Kier alpha value is -1.92. The fraction of sp³-hybridized carbons (Fsp3) is 0.235. The number of halogens is 2. The molecule has 0 spiro atoms. The van der Waals surface area contributed by atoms with Crippen LogP contribution >= 0.6 is 15.9 Å². The Balaban J connectivity index is 2.23. The van der Waals surface area contributed by atoms with Gasteiger partial charge in [0.15, 0.2) is 0 Å². The van der Waals surface area contributed by atoms with Gasteiger partial charge in [0.05, 0.1) is 18.9 Å². The number of nitrogens with one attached hydrogen (secondary N) is 1. The Bertz CT molecular complexity index is 706. The zero-order chi connectivity index (χ0) is 16.8. The first-order valence-electron chi connectivity index (χ1n) is 7.06. The summed E-state index contributed by atoms with van der Waals surface area (Å²) in [5.74, 6) is -0.233. The van der Waals surface area contributed by atoms with Crippen molar-refractivity contribution in [2.75, 3.05) is 19.0 Å². The number of anilines is 1. The normalized spacial score (nSPS) is 10.4. The third kappa shape index (κ3) is 4.53. The standard InChI is InChI=1S/C17H17BrFNO3/c1-3-23-16-7-4-11(8-12(16)10-22-2)17(21)20-15-6-5-13(18)9-14(15)19/h4-9H,3,10H2,1-2H3,(H,20,21). The predicted octanol–water partition coefficient (Wildman–Crippen LogP) is 4.39. The number of amides is 1. The number of carbonyl (C=O) groups excluding carboxylic acids is 1. The van der Waals surface area contributed by atoms with E-state index in [9.17, 15) is 9.18 Å². The summed E-state index contributed by atoms with van der Waals surface area (Å²) in [5, 5.41) is 2.56. The van der Waals surface area contributed by atoms with Crippen molar-refractivity contribution in [3.63, 3.8) is 0 Å². The summed E-state index contributed by atoms with van der Waals surface area (Å²) < 4.78 is 25.0. The van der Waals surface area contributed by atoms with Crippen LogP contribution < -0.4 is 10.1 Å². The van der Waals surface area contributed by atoms with Gasteiger partial charge in [0.1, 0.15) is 11.6 Å². The summed E-state index contributed by atoms with van der Waals surface area (Å²) in [6.45, 7) is 2.73. The molecule has 0 unspecified atom stereocenters. The Labute approximate surface area is 142 Å². The first kappa shape index (κ1) is 17.4. The minimum atomic E-state index is -0.504. The highest BCUT2D eigenvalue weighted by molar-refractivity contribution is 9.10. The first-order valence-corrected chi connectivity index (χ1v) is 7.85. The molecular weight excluding hydrogens is 365 g/mol. The smallest absolute Gasteiger partial charge is 0.255 e. The number of methoxy groups -OCH3 is 1. The largest absolute Gasteiger partial charge is 0.494 e. The molecule has 0 heterocycles. The molecule has 1 N–H and O–H groups in total. The quantitative estimate of drug-likeness (QED) is 0.807. The van der Waals surface area contributed by atoms with Crippen molar-refractivity contribution in [3.8, 4) is 5.75 Å². The Morgan fingerprint density at radius 1 is 1.26 bits per heavy atom. The number of hydrogen-bond acceptors (Lipinski definition) is 3. The SMILES string of the molecule is CCOc1ccc(C(=O)Nc2ccc(Br)cc2F)cc1COC. The molecule has 2 aromatic carbocycles. The van der Waals surface area contributed by atoms with Gasteiger partial charge in [0.2, 0.25) is 0 Å². The van der Waals surface area contributed by atoms with Gasteiger partial charge in [-0.15, -0.1) is 0 Å². The summed E-state index contributed by atoms with van der Waals surface area (Å²) in [6, 6.07) is 9.49. The van der Waals surface area contributed by atoms with Crippen LogP contribution in [0.4, 0.5) is 10.1 Å². The number of carbonyl (C=O) groups is 1. The molecule has 0 aliphatic heterocycles. The summed E-state index contributed by atoms with van der Waals surface area (Å²) in [5.41, 5.74) is 1.29. The van der Waals surface area contributed by atoms with E-state index in [0.717, 1.165) is 5.56 Å². The lowest BCUT2D eigenvalue weighted by molar-refractivity contribution is 0.102. The zero-order valence-electron chi connectivity index (χ0n) is 12.9. The minimum Gasteiger partial charge on any atom is -0.494 e. The average molecular weight is 382 g/mol. The number of benzene rings is 2. The molecule has 0 fully saturated rings. The Morgan fingerprint density at radius 3 is 2.70 bits per heavy atom. The highest BCUT2D eigenvalue weighted by Crippen LogP contribution is 2.23.